The van der Waals surface area contributed by atoms with Gasteiger partial charge in [-0.05, 0) is 49.1 Å². The highest BCUT2D eigenvalue weighted by Gasteiger charge is 2.16. The zero-order valence-electron chi connectivity index (χ0n) is 14.6. The van der Waals surface area contributed by atoms with Crippen molar-refractivity contribution >= 4 is 0 Å². The zero-order valence-corrected chi connectivity index (χ0v) is 14.6. The molecule has 0 saturated carbocycles. The van der Waals surface area contributed by atoms with Crippen LogP contribution in [-0.4, -0.2) is 49.1 Å². The van der Waals surface area contributed by atoms with Gasteiger partial charge in [-0.25, -0.2) is 8.78 Å². The van der Waals surface area contributed by atoms with Gasteiger partial charge in [0.25, 0.3) is 0 Å². The van der Waals surface area contributed by atoms with E-state index in [2.05, 4.69) is 40.1 Å². The molecule has 2 aromatic rings. The van der Waals surface area contributed by atoms with Crippen molar-refractivity contribution < 1.29 is 8.78 Å². The van der Waals surface area contributed by atoms with Gasteiger partial charge in [0.15, 0.2) is 11.6 Å². The number of nitrogens with zero attached hydrogens (tertiary/aromatic N) is 2. The standard InChI is InChI=1S/C21H26F2N2/c22-20-9-8-19(17-21(20)23)10-12-25-15-13-24(14-16-25)11-4-7-18-5-2-1-3-6-18/h1-3,5-6,8-9,17H,4,7,10-16H2. The lowest BCUT2D eigenvalue weighted by Crippen LogP contribution is -2.47. The van der Waals surface area contributed by atoms with Gasteiger partial charge in [-0.15, -0.1) is 0 Å². The van der Waals surface area contributed by atoms with E-state index in [1.54, 1.807) is 6.07 Å². The number of benzene rings is 2. The molecule has 1 aliphatic heterocycles. The minimum atomic E-state index is -0.770. The first-order valence-electron chi connectivity index (χ1n) is 9.13. The lowest BCUT2D eigenvalue weighted by molar-refractivity contribution is 0.132. The molecule has 0 amide bonds. The maximum atomic E-state index is 13.2. The highest BCUT2D eigenvalue weighted by Crippen LogP contribution is 2.11. The number of piperazine rings is 1. The minimum Gasteiger partial charge on any atom is -0.301 e. The van der Waals surface area contributed by atoms with Gasteiger partial charge in [0.1, 0.15) is 0 Å². The van der Waals surface area contributed by atoms with E-state index >= 15 is 0 Å². The number of rotatable bonds is 7. The summed E-state index contributed by atoms with van der Waals surface area (Å²) in [4.78, 5) is 4.94. The third kappa shape index (κ3) is 5.62. The highest BCUT2D eigenvalue weighted by molar-refractivity contribution is 5.18. The Bertz CT molecular complexity index is 652. The molecule has 3 rings (SSSR count). The molecule has 0 unspecified atom stereocenters. The van der Waals surface area contributed by atoms with Crippen molar-refractivity contribution in [1.29, 1.82) is 0 Å². The van der Waals surface area contributed by atoms with Gasteiger partial charge in [-0.2, -0.15) is 0 Å². The summed E-state index contributed by atoms with van der Waals surface area (Å²) in [6.45, 7) is 6.33. The van der Waals surface area contributed by atoms with Gasteiger partial charge in [-0.3, -0.25) is 0 Å². The monoisotopic (exact) mass is 344 g/mol. The summed E-state index contributed by atoms with van der Waals surface area (Å²) in [7, 11) is 0. The maximum absolute atomic E-state index is 13.2. The van der Waals surface area contributed by atoms with Crippen LogP contribution in [0.5, 0.6) is 0 Å². The van der Waals surface area contributed by atoms with Crippen molar-refractivity contribution in [2.75, 3.05) is 39.3 Å². The van der Waals surface area contributed by atoms with Crippen LogP contribution in [0.3, 0.4) is 0 Å². The fourth-order valence-electron chi connectivity index (χ4n) is 3.37. The van der Waals surface area contributed by atoms with Crippen LogP contribution in [0.4, 0.5) is 8.78 Å². The van der Waals surface area contributed by atoms with Crippen LogP contribution < -0.4 is 0 Å². The van der Waals surface area contributed by atoms with E-state index in [0.29, 0.717) is 0 Å². The van der Waals surface area contributed by atoms with E-state index in [1.807, 2.05) is 0 Å². The fourth-order valence-corrected chi connectivity index (χ4v) is 3.37. The van der Waals surface area contributed by atoms with Crippen LogP contribution in [-0.2, 0) is 12.8 Å². The molecule has 0 radical (unpaired) electrons. The molecule has 2 aromatic carbocycles. The first kappa shape index (κ1) is 18.0. The van der Waals surface area contributed by atoms with Crippen molar-refractivity contribution in [2.45, 2.75) is 19.3 Å². The Morgan fingerprint density at radius 3 is 2.04 bits per heavy atom. The van der Waals surface area contributed by atoms with E-state index in [9.17, 15) is 8.78 Å². The second kappa shape index (κ2) is 9.07. The van der Waals surface area contributed by atoms with E-state index in [4.69, 9.17) is 0 Å². The number of halogens is 2. The summed E-state index contributed by atoms with van der Waals surface area (Å²) in [5.41, 5.74) is 2.27. The first-order valence-corrected chi connectivity index (χ1v) is 9.13. The average Bonchev–Trinajstić information content (AvgIpc) is 2.65. The maximum Gasteiger partial charge on any atom is 0.159 e. The third-order valence-corrected chi connectivity index (χ3v) is 4.95. The molecule has 25 heavy (non-hydrogen) atoms. The summed E-state index contributed by atoms with van der Waals surface area (Å²) in [6.07, 6.45) is 3.10. The average molecular weight is 344 g/mol. The van der Waals surface area contributed by atoms with Gasteiger partial charge in [0.2, 0.25) is 0 Å². The van der Waals surface area contributed by atoms with Crippen LogP contribution in [0.1, 0.15) is 17.5 Å². The molecule has 1 fully saturated rings. The predicted molar refractivity (Wildman–Crippen MR) is 97.7 cm³/mol. The van der Waals surface area contributed by atoms with Crippen LogP contribution in [0.25, 0.3) is 0 Å². The minimum absolute atomic E-state index is 0.749. The molecule has 0 N–H and O–H groups in total. The molecule has 1 heterocycles. The van der Waals surface area contributed by atoms with Crippen molar-refractivity contribution in [2.24, 2.45) is 0 Å². The van der Waals surface area contributed by atoms with E-state index in [0.717, 1.165) is 57.7 Å². The molecule has 0 bridgehead atoms. The second-order valence-electron chi connectivity index (χ2n) is 6.77. The Morgan fingerprint density at radius 1 is 0.680 bits per heavy atom. The van der Waals surface area contributed by atoms with Crippen molar-refractivity contribution in [1.82, 2.24) is 9.80 Å². The number of hydrogen-bond acceptors (Lipinski definition) is 2. The number of hydrogen-bond donors (Lipinski definition) is 0. The lowest BCUT2D eigenvalue weighted by Gasteiger charge is -2.34. The third-order valence-electron chi connectivity index (χ3n) is 4.95. The normalized spacial score (nSPS) is 16.2. The molecule has 0 spiro atoms. The van der Waals surface area contributed by atoms with Crippen LogP contribution in [0, 0.1) is 11.6 Å². The quantitative estimate of drug-likeness (QED) is 0.755. The summed E-state index contributed by atoms with van der Waals surface area (Å²) in [5.74, 6) is -1.52. The first-order chi connectivity index (χ1) is 12.2. The molecule has 0 aliphatic carbocycles. The van der Waals surface area contributed by atoms with Crippen molar-refractivity contribution in [3.05, 3.63) is 71.3 Å². The van der Waals surface area contributed by atoms with Crippen molar-refractivity contribution in [3.63, 3.8) is 0 Å². The largest absolute Gasteiger partial charge is 0.301 e. The smallest absolute Gasteiger partial charge is 0.159 e. The summed E-state index contributed by atoms with van der Waals surface area (Å²) in [5, 5.41) is 0. The second-order valence-corrected chi connectivity index (χ2v) is 6.77. The highest BCUT2D eigenvalue weighted by atomic mass is 19.2. The molecule has 2 nitrogen and oxygen atoms in total. The molecule has 4 heteroatoms. The van der Waals surface area contributed by atoms with E-state index in [1.165, 1.54) is 24.1 Å². The molecular formula is C21H26F2N2. The summed E-state index contributed by atoms with van der Waals surface area (Å²) < 4.78 is 26.2. The van der Waals surface area contributed by atoms with Crippen LogP contribution >= 0.6 is 0 Å². The van der Waals surface area contributed by atoms with Crippen LogP contribution in [0.2, 0.25) is 0 Å². The van der Waals surface area contributed by atoms with E-state index < -0.39 is 11.6 Å². The molecule has 0 aromatic heterocycles. The van der Waals surface area contributed by atoms with Gasteiger partial charge in [0.05, 0.1) is 0 Å². The Morgan fingerprint density at radius 2 is 1.36 bits per heavy atom. The number of aryl methyl sites for hydroxylation is 1. The van der Waals surface area contributed by atoms with Gasteiger partial charge in [-0.1, -0.05) is 36.4 Å². The summed E-state index contributed by atoms with van der Waals surface area (Å²) >= 11 is 0. The van der Waals surface area contributed by atoms with Crippen LogP contribution in [0.15, 0.2) is 48.5 Å². The Kier molecular flexibility index (Phi) is 6.54. The fraction of sp³-hybridized carbons (Fsp3) is 0.429. The molecule has 134 valence electrons. The van der Waals surface area contributed by atoms with Gasteiger partial charge >= 0.3 is 0 Å². The zero-order chi connectivity index (χ0) is 17.5. The Hall–Kier alpha value is -1.78. The molecule has 1 aliphatic rings. The molecule has 1 saturated heterocycles. The molecular weight excluding hydrogens is 318 g/mol. The topological polar surface area (TPSA) is 6.48 Å². The molecule has 0 atom stereocenters. The van der Waals surface area contributed by atoms with Gasteiger partial charge < -0.3 is 9.80 Å². The Labute approximate surface area is 149 Å². The lowest BCUT2D eigenvalue weighted by atomic mass is 10.1. The predicted octanol–water partition coefficient (Wildman–Crippen LogP) is 3.76. The SMILES string of the molecule is Fc1ccc(CCN2CCN(CCCc3ccccc3)CC2)cc1F. The summed E-state index contributed by atoms with van der Waals surface area (Å²) in [6, 6.07) is 14.8. The Balaban J connectivity index is 1.33. The van der Waals surface area contributed by atoms with Gasteiger partial charge in [0, 0.05) is 32.7 Å². The van der Waals surface area contributed by atoms with E-state index in [-0.39, 0.29) is 0 Å². The van der Waals surface area contributed by atoms with Crippen molar-refractivity contribution in [3.8, 4) is 0 Å².